The van der Waals surface area contributed by atoms with E-state index in [4.69, 9.17) is 0 Å². The Morgan fingerprint density at radius 2 is 2.17 bits per heavy atom. The number of rotatable bonds is 3. The van der Waals surface area contributed by atoms with Crippen molar-refractivity contribution in [2.75, 3.05) is 0 Å². The van der Waals surface area contributed by atoms with Gasteiger partial charge in [-0.2, -0.15) is 0 Å². The highest BCUT2D eigenvalue weighted by Gasteiger charge is 2.40. The molecule has 0 spiro atoms. The summed E-state index contributed by atoms with van der Waals surface area (Å²) in [5.41, 5.74) is 0.692. The van der Waals surface area contributed by atoms with Gasteiger partial charge in [-0.1, -0.05) is 18.6 Å². The van der Waals surface area contributed by atoms with Crippen molar-refractivity contribution in [3.63, 3.8) is 0 Å². The third kappa shape index (κ3) is 2.23. The van der Waals surface area contributed by atoms with Crippen LogP contribution in [0.1, 0.15) is 43.8 Å². The molecule has 18 heavy (non-hydrogen) atoms. The quantitative estimate of drug-likeness (QED) is 0.874. The van der Waals surface area contributed by atoms with Gasteiger partial charge < -0.3 is 5.11 Å². The van der Waals surface area contributed by atoms with E-state index in [1.54, 1.807) is 6.07 Å². The molecule has 0 aliphatic heterocycles. The average molecular weight is 313 g/mol. The van der Waals surface area contributed by atoms with Gasteiger partial charge in [-0.3, -0.25) is 0 Å². The molecule has 0 radical (unpaired) electrons. The van der Waals surface area contributed by atoms with Gasteiger partial charge in [0.25, 0.3) is 0 Å². The summed E-state index contributed by atoms with van der Waals surface area (Å²) in [6, 6.07) is 4.89. The van der Waals surface area contributed by atoms with Crippen LogP contribution in [0.3, 0.4) is 0 Å². The van der Waals surface area contributed by atoms with Crippen molar-refractivity contribution < 1.29 is 9.50 Å². The number of aliphatic hydroxyl groups excluding tert-OH is 1. The second-order valence-corrected chi connectivity index (χ2v) is 6.62. The zero-order valence-electron chi connectivity index (χ0n) is 10.3. The van der Waals surface area contributed by atoms with Crippen molar-refractivity contribution in [3.8, 4) is 0 Å². The Morgan fingerprint density at radius 3 is 2.83 bits per heavy atom. The van der Waals surface area contributed by atoms with Crippen molar-refractivity contribution in [1.29, 1.82) is 0 Å². The minimum Gasteiger partial charge on any atom is -0.388 e. The lowest BCUT2D eigenvalue weighted by molar-refractivity contribution is 0.124. The summed E-state index contributed by atoms with van der Waals surface area (Å²) in [5.74, 6) is 2.04. The predicted octanol–water partition coefficient (Wildman–Crippen LogP) is 4.45. The fraction of sp³-hybridized carbons (Fsp3) is 0.600. The SMILES string of the molecule is OC(CC1CC2CCC1C2)c1cccc(F)c1Br. The van der Waals surface area contributed by atoms with Crippen LogP contribution in [0.4, 0.5) is 4.39 Å². The van der Waals surface area contributed by atoms with Crippen molar-refractivity contribution in [3.05, 3.63) is 34.1 Å². The number of fused-ring (bicyclic) bond motifs is 2. The standard InChI is InChI=1S/C15H18BrFO/c16-15-12(2-1-3-13(15)17)14(18)8-11-7-9-4-5-10(11)6-9/h1-3,9-11,14,18H,4-8H2. The molecule has 3 rings (SSSR count). The molecule has 4 unspecified atom stereocenters. The number of hydrogen-bond donors (Lipinski definition) is 1. The summed E-state index contributed by atoms with van der Waals surface area (Å²) in [6.07, 6.45) is 5.55. The molecule has 2 aliphatic carbocycles. The summed E-state index contributed by atoms with van der Waals surface area (Å²) in [5, 5.41) is 10.3. The molecule has 3 heteroatoms. The Bertz CT molecular complexity index is 448. The van der Waals surface area contributed by atoms with Crippen LogP contribution in [-0.4, -0.2) is 5.11 Å². The highest BCUT2D eigenvalue weighted by atomic mass is 79.9. The first-order valence-corrected chi connectivity index (χ1v) is 7.56. The molecule has 2 aliphatic rings. The minimum absolute atomic E-state index is 0.292. The Labute approximate surface area is 116 Å². The Morgan fingerprint density at radius 1 is 1.33 bits per heavy atom. The van der Waals surface area contributed by atoms with Crippen LogP contribution in [0.25, 0.3) is 0 Å². The molecular formula is C15H18BrFO. The first-order valence-electron chi connectivity index (χ1n) is 6.77. The van der Waals surface area contributed by atoms with E-state index in [1.807, 2.05) is 6.07 Å². The van der Waals surface area contributed by atoms with Crippen molar-refractivity contribution in [2.45, 2.75) is 38.2 Å². The second kappa shape index (κ2) is 4.93. The topological polar surface area (TPSA) is 20.2 Å². The molecular weight excluding hydrogens is 295 g/mol. The van der Waals surface area contributed by atoms with Crippen LogP contribution in [0.15, 0.2) is 22.7 Å². The summed E-state index contributed by atoms with van der Waals surface area (Å²) >= 11 is 3.24. The van der Waals surface area contributed by atoms with E-state index in [1.165, 1.54) is 31.7 Å². The third-order valence-electron chi connectivity index (χ3n) is 4.75. The molecule has 0 amide bonds. The molecule has 2 fully saturated rings. The van der Waals surface area contributed by atoms with Crippen LogP contribution in [0.2, 0.25) is 0 Å². The number of hydrogen-bond acceptors (Lipinski definition) is 1. The van der Waals surface area contributed by atoms with Gasteiger partial charge in [0.2, 0.25) is 0 Å². The molecule has 98 valence electrons. The lowest BCUT2D eigenvalue weighted by Crippen LogP contribution is -2.14. The lowest BCUT2D eigenvalue weighted by atomic mass is 9.83. The summed E-state index contributed by atoms with van der Waals surface area (Å²) in [6.45, 7) is 0. The zero-order valence-corrected chi connectivity index (χ0v) is 11.9. The van der Waals surface area contributed by atoms with E-state index < -0.39 is 6.10 Å². The predicted molar refractivity (Wildman–Crippen MR) is 72.6 cm³/mol. The normalized spacial score (nSPS) is 31.8. The first-order chi connectivity index (χ1) is 8.65. The van der Waals surface area contributed by atoms with Crippen LogP contribution in [0.5, 0.6) is 0 Å². The molecule has 4 atom stereocenters. The highest BCUT2D eigenvalue weighted by molar-refractivity contribution is 9.10. The van der Waals surface area contributed by atoms with Crippen LogP contribution >= 0.6 is 15.9 Å². The van der Waals surface area contributed by atoms with Gasteiger partial charge in [-0.25, -0.2) is 4.39 Å². The van der Waals surface area contributed by atoms with Gasteiger partial charge in [0.05, 0.1) is 10.6 Å². The lowest BCUT2D eigenvalue weighted by Gasteiger charge is -2.24. The average Bonchev–Trinajstić information content (AvgIpc) is 2.94. The summed E-state index contributed by atoms with van der Waals surface area (Å²) < 4.78 is 13.9. The van der Waals surface area contributed by atoms with Gasteiger partial charge in [-0.15, -0.1) is 0 Å². The van der Waals surface area contributed by atoms with E-state index in [-0.39, 0.29) is 5.82 Å². The monoisotopic (exact) mass is 312 g/mol. The molecule has 2 saturated carbocycles. The third-order valence-corrected chi connectivity index (χ3v) is 5.59. The van der Waals surface area contributed by atoms with Crippen LogP contribution in [-0.2, 0) is 0 Å². The second-order valence-electron chi connectivity index (χ2n) is 5.83. The van der Waals surface area contributed by atoms with Gasteiger partial charge in [-0.05, 0) is 71.0 Å². The molecule has 1 N–H and O–H groups in total. The van der Waals surface area contributed by atoms with Crippen molar-refractivity contribution in [2.24, 2.45) is 17.8 Å². The van der Waals surface area contributed by atoms with E-state index in [0.29, 0.717) is 16.0 Å². The number of benzene rings is 1. The van der Waals surface area contributed by atoms with E-state index in [9.17, 15) is 9.50 Å². The van der Waals surface area contributed by atoms with Crippen molar-refractivity contribution in [1.82, 2.24) is 0 Å². The molecule has 1 nitrogen and oxygen atoms in total. The van der Waals surface area contributed by atoms with Gasteiger partial charge in [0, 0.05) is 0 Å². The zero-order chi connectivity index (χ0) is 12.7. The Hall–Kier alpha value is -0.410. The van der Waals surface area contributed by atoms with E-state index >= 15 is 0 Å². The largest absolute Gasteiger partial charge is 0.388 e. The summed E-state index contributed by atoms with van der Waals surface area (Å²) in [4.78, 5) is 0. The molecule has 0 aromatic heterocycles. The fourth-order valence-electron chi connectivity index (χ4n) is 3.86. The van der Waals surface area contributed by atoms with Crippen LogP contribution in [0, 0.1) is 23.6 Å². The van der Waals surface area contributed by atoms with E-state index in [2.05, 4.69) is 15.9 Å². The highest BCUT2D eigenvalue weighted by Crippen LogP contribution is 2.51. The first kappa shape index (κ1) is 12.6. The smallest absolute Gasteiger partial charge is 0.137 e. The minimum atomic E-state index is -0.542. The van der Waals surface area contributed by atoms with Crippen molar-refractivity contribution >= 4 is 15.9 Å². The maximum atomic E-state index is 13.4. The summed E-state index contributed by atoms with van der Waals surface area (Å²) in [7, 11) is 0. The molecule has 2 bridgehead atoms. The Balaban J connectivity index is 1.71. The van der Waals surface area contributed by atoms with Gasteiger partial charge in [0.15, 0.2) is 0 Å². The fourth-order valence-corrected chi connectivity index (χ4v) is 4.39. The van der Waals surface area contributed by atoms with Crippen LogP contribution < -0.4 is 0 Å². The number of aliphatic hydroxyl groups is 1. The molecule has 1 aromatic carbocycles. The maximum Gasteiger partial charge on any atom is 0.137 e. The Kier molecular flexibility index (Phi) is 3.46. The molecule has 1 aromatic rings. The molecule has 0 heterocycles. The maximum absolute atomic E-state index is 13.4. The van der Waals surface area contributed by atoms with Gasteiger partial charge in [0.1, 0.15) is 5.82 Å². The number of halogens is 2. The van der Waals surface area contributed by atoms with E-state index in [0.717, 1.165) is 18.3 Å². The molecule has 0 saturated heterocycles. The van der Waals surface area contributed by atoms with Gasteiger partial charge >= 0.3 is 0 Å².